The van der Waals surface area contributed by atoms with Crippen LogP contribution in [0.3, 0.4) is 0 Å². The number of esters is 1. The maximum Gasteiger partial charge on any atom is 0.406 e. The highest BCUT2D eigenvalue weighted by atomic mass is 19.4. The summed E-state index contributed by atoms with van der Waals surface area (Å²) in [7, 11) is 0. The van der Waals surface area contributed by atoms with Gasteiger partial charge in [-0.1, -0.05) is 18.2 Å². The van der Waals surface area contributed by atoms with Gasteiger partial charge in [0.2, 0.25) is 0 Å². The molecule has 1 atom stereocenters. The predicted molar refractivity (Wildman–Crippen MR) is 86.3 cm³/mol. The molecule has 1 saturated carbocycles. The Hall–Kier alpha value is -2.58. The van der Waals surface area contributed by atoms with Gasteiger partial charge in [-0.2, -0.15) is 18.3 Å². The van der Waals surface area contributed by atoms with Gasteiger partial charge in [0.25, 0.3) is 5.91 Å². The van der Waals surface area contributed by atoms with E-state index in [1.807, 2.05) is 0 Å². The van der Waals surface area contributed by atoms with Gasteiger partial charge in [0.1, 0.15) is 6.54 Å². The first-order chi connectivity index (χ1) is 12.3. The van der Waals surface area contributed by atoms with Crippen LogP contribution in [0.5, 0.6) is 0 Å². The van der Waals surface area contributed by atoms with Crippen molar-refractivity contribution in [2.45, 2.75) is 32.0 Å². The molecule has 3 rings (SSSR count). The Morgan fingerprint density at radius 1 is 1.35 bits per heavy atom. The van der Waals surface area contributed by atoms with E-state index in [-0.39, 0.29) is 11.6 Å². The van der Waals surface area contributed by atoms with E-state index >= 15 is 0 Å². The van der Waals surface area contributed by atoms with Crippen molar-refractivity contribution in [1.29, 1.82) is 0 Å². The average molecular weight is 369 g/mol. The molecule has 1 N–H and O–H groups in total. The zero-order valence-electron chi connectivity index (χ0n) is 14.0. The predicted octanol–water partition coefficient (Wildman–Crippen LogP) is 2.91. The number of halogens is 3. The van der Waals surface area contributed by atoms with Crippen LogP contribution in [0.2, 0.25) is 0 Å². The number of nitrogens with one attached hydrogen (secondary N) is 1. The number of carbonyl (C=O) groups is 2. The minimum Gasteiger partial charge on any atom is -0.451 e. The highest BCUT2D eigenvalue weighted by molar-refractivity contribution is 6.02. The van der Waals surface area contributed by atoms with Crippen molar-refractivity contribution in [3.05, 3.63) is 30.0 Å². The van der Waals surface area contributed by atoms with E-state index in [0.29, 0.717) is 10.9 Å². The van der Waals surface area contributed by atoms with Crippen LogP contribution < -0.4 is 0 Å². The number of carbonyl (C=O) groups excluding carboxylic acids is 2. The lowest BCUT2D eigenvalue weighted by Gasteiger charge is -2.30. The summed E-state index contributed by atoms with van der Waals surface area (Å²) < 4.78 is 43.3. The Morgan fingerprint density at radius 3 is 2.69 bits per heavy atom. The Balaban J connectivity index is 1.66. The lowest BCUT2D eigenvalue weighted by Crippen LogP contribution is -2.47. The van der Waals surface area contributed by atoms with Gasteiger partial charge in [0.05, 0.1) is 5.52 Å². The highest BCUT2D eigenvalue weighted by Gasteiger charge is 2.40. The third-order valence-electron chi connectivity index (χ3n) is 4.46. The minimum absolute atomic E-state index is 0.00832. The monoisotopic (exact) mass is 369 g/mol. The number of aromatic amines is 1. The third kappa shape index (κ3) is 4.14. The van der Waals surface area contributed by atoms with Crippen molar-refractivity contribution < 1.29 is 27.5 Å². The Kier molecular flexibility index (Phi) is 4.88. The van der Waals surface area contributed by atoms with Crippen LogP contribution in [-0.2, 0) is 9.53 Å². The van der Waals surface area contributed by atoms with Crippen LogP contribution >= 0.6 is 0 Å². The second kappa shape index (κ2) is 6.97. The lowest BCUT2D eigenvalue weighted by atomic mass is 10.2. The van der Waals surface area contributed by atoms with Crippen molar-refractivity contribution in [2.24, 2.45) is 5.92 Å². The van der Waals surface area contributed by atoms with Crippen LogP contribution in [0.4, 0.5) is 13.2 Å². The molecular weight excluding hydrogens is 351 g/mol. The van der Waals surface area contributed by atoms with Crippen molar-refractivity contribution in [3.63, 3.8) is 0 Å². The summed E-state index contributed by atoms with van der Waals surface area (Å²) in [5, 5.41) is 7.02. The van der Waals surface area contributed by atoms with Gasteiger partial charge >= 0.3 is 12.1 Å². The molecule has 6 nitrogen and oxygen atoms in total. The molecule has 1 heterocycles. The third-order valence-corrected chi connectivity index (χ3v) is 4.46. The second-order valence-corrected chi connectivity index (χ2v) is 6.41. The summed E-state index contributed by atoms with van der Waals surface area (Å²) >= 11 is 0. The maximum absolute atomic E-state index is 12.8. The average Bonchev–Trinajstić information content (AvgIpc) is 3.35. The van der Waals surface area contributed by atoms with Gasteiger partial charge in [0.15, 0.2) is 12.3 Å². The SMILES string of the molecule is C[C@@H](C1CC1)N(CC(F)(F)F)C(=O)COC(=O)c1n[nH]c2ccccc12. The number of amides is 1. The first kappa shape index (κ1) is 18.2. The van der Waals surface area contributed by atoms with E-state index in [1.165, 1.54) is 0 Å². The molecule has 1 aliphatic rings. The van der Waals surface area contributed by atoms with Gasteiger partial charge < -0.3 is 9.64 Å². The highest BCUT2D eigenvalue weighted by Crippen LogP contribution is 2.36. The van der Waals surface area contributed by atoms with E-state index in [1.54, 1.807) is 31.2 Å². The zero-order chi connectivity index (χ0) is 18.9. The lowest BCUT2D eigenvalue weighted by molar-refractivity contribution is -0.167. The molecular formula is C17H18F3N3O3. The van der Waals surface area contributed by atoms with E-state index < -0.39 is 37.2 Å². The molecule has 1 amide bonds. The van der Waals surface area contributed by atoms with Gasteiger partial charge in [-0.05, 0) is 31.7 Å². The van der Waals surface area contributed by atoms with Crippen molar-refractivity contribution in [2.75, 3.05) is 13.2 Å². The number of hydrogen-bond acceptors (Lipinski definition) is 4. The molecule has 26 heavy (non-hydrogen) atoms. The molecule has 0 aliphatic heterocycles. The van der Waals surface area contributed by atoms with Crippen LogP contribution in [0.15, 0.2) is 24.3 Å². The van der Waals surface area contributed by atoms with Gasteiger partial charge in [-0.25, -0.2) is 4.79 Å². The maximum atomic E-state index is 12.8. The van der Waals surface area contributed by atoms with Crippen LogP contribution in [0.1, 0.15) is 30.3 Å². The fourth-order valence-corrected chi connectivity index (χ4v) is 2.88. The topological polar surface area (TPSA) is 75.3 Å². The zero-order valence-corrected chi connectivity index (χ0v) is 14.0. The summed E-state index contributed by atoms with van der Waals surface area (Å²) in [5.41, 5.74) is 0.609. The molecule has 0 spiro atoms. The number of alkyl halides is 3. The molecule has 1 aromatic heterocycles. The summed E-state index contributed by atoms with van der Waals surface area (Å²) in [4.78, 5) is 25.1. The van der Waals surface area contributed by atoms with Gasteiger partial charge in [-0.3, -0.25) is 9.89 Å². The Morgan fingerprint density at radius 2 is 2.04 bits per heavy atom. The Labute approximate surface area is 147 Å². The molecule has 0 unspecified atom stereocenters. The van der Waals surface area contributed by atoms with Crippen molar-refractivity contribution >= 4 is 22.8 Å². The molecule has 0 bridgehead atoms. The summed E-state index contributed by atoms with van der Waals surface area (Å²) in [6.45, 7) is -0.524. The van der Waals surface area contributed by atoms with Crippen LogP contribution in [0.25, 0.3) is 10.9 Å². The number of nitrogens with zero attached hydrogens (tertiary/aromatic N) is 2. The van der Waals surface area contributed by atoms with Crippen molar-refractivity contribution in [3.8, 4) is 0 Å². The molecule has 140 valence electrons. The molecule has 1 fully saturated rings. The molecule has 9 heteroatoms. The molecule has 2 aromatic rings. The first-order valence-corrected chi connectivity index (χ1v) is 8.22. The molecule has 1 aliphatic carbocycles. The first-order valence-electron chi connectivity index (χ1n) is 8.22. The number of hydrogen-bond donors (Lipinski definition) is 1. The standard InChI is InChI=1S/C17H18F3N3O3/c1-10(11-6-7-11)23(9-17(18,19)20)14(24)8-26-16(25)15-12-4-2-3-5-13(12)21-22-15/h2-5,10-11H,6-9H2,1H3,(H,21,22)/t10-/m0/s1. The summed E-state index contributed by atoms with van der Waals surface area (Å²) in [6.07, 6.45) is -2.93. The summed E-state index contributed by atoms with van der Waals surface area (Å²) in [5.74, 6) is -1.66. The van der Waals surface area contributed by atoms with Crippen molar-refractivity contribution in [1.82, 2.24) is 15.1 Å². The van der Waals surface area contributed by atoms with Gasteiger partial charge in [0, 0.05) is 11.4 Å². The molecule has 1 aromatic carbocycles. The Bertz CT molecular complexity index is 814. The van der Waals surface area contributed by atoms with E-state index in [0.717, 1.165) is 17.7 Å². The smallest absolute Gasteiger partial charge is 0.406 e. The quantitative estimate of drug-likeness (QED) is 0.795. The number of ether oxygens (including phenoxy) is 1. The van der Waals surface area contributed by atoms with E-state index in [9.17, 15) is 22.8 Å². The largest absolute Gasteiger partial charge is 0.451 e. The van der Waals surface area contributed by atoms with E-state index in [2.05, 4.69) is 10.2 Å². The number of aromatic nitrogens is 2. The number of benzene rings is 1. The number of para-hydroxylation sites is 1. The van der Waals surface area contributed by atoms with Crippen LogP contribution in [-0.4, -0.2) is 52.3 Å². The summed E-state index contributed by atoms with van der Waals surface area (Å²) in [6, 6.07) is 6.29. The fraction of sp³-hybridized carbons (Fsp3) is 0.471. The number of rotatable bonds is 6. The normalized spacial score (nSPS) is 15.7. The van der Waals surface area contributed by atoms with Gasteiger partial charge in [-0.15, -0.1) is 0 Å². The minimum atomic E-state index is -4.51. The number of fused-ring (bicyclic) bond motifs is 1. The van der Waals surface area contributed by atoms with Crippen LogP contribution in [0, 0.1) is 5.92 Å². The molecule has 0 saturated heterocycles. The second-order valence-electron chi connectivity index (χ2n) is 6.41. The number of H-pyrrole nitrogens is 1. The van der Waals surface area contributed by atoms with E-state index in [4.69, 9.17) is 4.74 Å². The molecule has 0 radical (unpaired) electrons. The fourth-order valence-electron chi connectivity index (χ4n) is 2.88.